The molecule has 0 aromatic heterocycles. The van der Waals surface area contributed by atoms with Crippen molar-refractivity contribution in [1.82, 2.24) is 10.0 Å². The Morgan fingerprint density at radius 1 is 1.23 bits per heavy atom. The van der Waals surface area contributed by atoms with E-state index in [0.29, 0.717) is 12.1 Å². The first-order chi connectivity index (χ1) is 13.8. The Bertz CT molecular complexity index is 917. The molecule has 1 saturated heterocycles. The number of halogens is 5. The average molecular weight is 476 g/mol. The molecule has 1 aromatic carbocycles. The normalized spacial score (nSPS) is 17.9. The van der Waals surface area contributed by atoms with Crippen LogP contribution in [0.4, 0.5) is 22.0 Å². The van der Waals surface area contributed by atoms with E-state index >= 15 is 0 Å². The summed E-state index contributed by atoms with van der Waals surface area (Å²) in [4.78, 5) is 22.5. The van der Waals surface area contributed by atoms with Crippen LogP contribution in [-0.4, -0.2) is 51.4 Å². The molecule has 0 aliphatic carbocycles. The van der Waals surface area contributed by atoms with Crippen molar-refractivity contribution in [2.75, 3.05) is 18.8 Å². The van der Waals surface area contributed by atoms with Gasteiger partial charge >= 0.3 is 18.1 Å². The van der Waals surface area contributed by atoms with Crippen molar-refractivity contribution in [3.05, 3.63) is 29.8 Å². The minimum atomic E-state index is -5.50. The Morgan fingerprint density at radius 3 is 2.33 bits per heavy atom. The van der Waals surface area contributed by atoms with Crippen LogP contribution < -0.4 is 10.0 Å². The monoisotopic (exact) mass is 476 g/mol. The second-order valence-electron chi connectivity index (χ2n) is 6.61. The Morgan fingerprint density at radius 2 is 1.83 bits per heavy atom. The van der Waals surface area contributed by atoms with E-state index in [2.05, 4.69) is 22.7 Å². The summed E-state index contributed by atoms with van der Waals surface area (Å²) in [6.07, 6.45) is -5.32. The molecule has 7 nitrogen and oxygen atoms in total. The first-order valence-electron chi connectivity index (χ1n) is 8.44. The van der Waals surface area contributed by atoms with E-state index < -0.39 is 56.1 Å². The molecule has 14 heteroatoms. The van der Waals surface area contributed by atoms with Crippen molar-refractivity contribution in [1.29, 1.82) is 0 Å². The van der Waals surface area contributed by atoms with Gasteiger partial charge in [-0.1, -0.05) is 0 Å². The number of esters is 2. The molecule has 30 heavy (non-hydrogen) atoms. The molecule has 1 heterocycles. The second-order valence-corrected chi connectivity index (χ2v) is 8.60. The molecule has 2 rings (SSSR count). The minimum Gasteiger partial charge on any atom is -0.385 e. The number of benzene rings is 1. The van der Waals surface area contributed by atoms with Crippen LogP contribution in [0.5, 0.6) is 0 Å². The fourth-order valence-corrected chi connectivity index (χ4v) is 4.85. The molecule has 0 spiro atoms. The quantitative estimate of drug-likeness (QED) is 0.249. The molecule has 1 atom stereocenters. The molecule has 0 bridgehead atoms. The number of carbonyl (C=O) groups excluding carboxylic acids is 2. The number of hydrogen-bond donors (Lipinski definition) is 3. The molecule has 2 N–H and O–H groups in total. The van der Waals surface area contributed by atoms with Gasteiger partial charge < -0.3 is 10.1 Å². The predicted octanol–water partition coefficient (Wildman–Crippen LogP) is 1.54. The lowest BCUT2D eigenvalue weighted by molar-refractivity contribution is -0.203. The lowest BCUT2D eigenvalue weighted by Crippen LogP contribution is -2.58. The predicted molar refractivity (Wildman–Crippen MR) is 96.0 cm³/mol. The third kappa shape index (κ3) is 5.47. The topological polar surface area (TPSA) is 102 Å². The van der Waals surface area contributed by atoms with Crippen molar-refractivity contribution < 1.29 is 44.7 Å². The zero-order valence-electron chi connectivity index (χ0n) is 15.1. The van der Waals surface area contributed by atoms with Gasteiger partial charge in [-0.05, 0) is 43.8 Å². The van der Waals surface area contributed by atoms with E-state index in [1.807, 2.05) is 4.72 Å². The number of carbonyl (C=O) groups is 2. The number of alkyl halides is 3. The lowest BCUT2D eigenvalue weighted by Gasteiger charge is -2.41. The first kappa shape index (κ1) is 24.5. The van der Waals surface area contributed by atoms with Gasteiger partial charge in [-0.2, -0.15) is 30.5 Å². The van der Waals surface area contributed by atoms with E-state index in [4.69, 9.17) is 0 Å². The summed E-state index contributed by atoms with van der Waals surface area (Å²) in [5.41, 5.74) is -1.33. The van der Waals surface area contributed by atoms with Crippen LogP contribution in [0.2, 0.25) is 0 Å². The molecule has 0 saturated carbocycles. The highest BCUT2D eigenvalue weighted by atomic mass is 32.2. The fourth-order valence-electron chi connectivity index (χ4n) is 3.01. The summed E-state index contributed by atoms with van der Waals surface area (Å²) in [5, 5.41) is 2.93. The third-order valence-electron chi connectivity index (χ3n) is 4.64. The summed E-state index contributed by atoms with van der Waals surface area (Å²) >= 11 is 4.10. The molecular weight excluding hydrogens is 459 g/mol. The lowest BCUT2D eigenvalue weighted by atomic mass is 9.74. The zero-order chi connectivity index (χ0) is 22.7. The van der Waals surface area contributed by atoms with Crippen LogP contribution >= 0.6 is 12.6 Å². The van der Waals surface area contributed by atoms with Gasteiger partial charge in [0.1, 0.15) is 22.6 Å². The Balaban J connectivity index is 2.44. The van der Waals surface area contributed by atoms with Crippen molar-refractivity contribution in [3.63, 3.8) is 0 Å². The Kier molecular flexibility index (Phi) is 7.48. The van der Waals surface area contributed by atoms with Crippen LogP contribution in [0.3, 0.4) is 0 Å². The molecule has 1 aliphatic rings. The Hall–Kier alpha value is -1.77. The summed E-state index contributed by atoms with van der Waals surface area (Å²) < 4.78 is 95.6. The van der Waals surface area contributed by atoms with Crippen LogP contribution in [-0.2, 0) is 24.3 Å². The maximum Gasteiger partial charge on any atom is 0.491 e. The third-order valence-corrected chi connectivity index (χ3v) is 6.73. The first-order valence-corrected chi connectivity index (χ1v) is 10.6. The van der Waals surface area contributed by atoms with Gasteiger partial charge in [0.2, 0.25) is 10.0 Å². The number of rotatable bonds is 6. The fraction of sp³-hybridized carbons (Fsp3) is 0.500. The van der Waals surface area contributed by atoms with E-state index in [1.165, 1.54) is 0 Å². The maximum atomic E-state index is 14.0. The van der Waals surface area contributed by atoms with Gasteiger partial charge in [0.05, 0.1) is 0 Å². The summed E-state index contributed by atoms with van der Waals surface area (Å²) in [7, 11) is -4.86. The van der Waals surface area contributed by atoms with Crippen molar-refractivity contribution in [3.8, 4) is 0 Å². The highest BCUT2D eigenvalue weighted by molar-refractivity contribution is 7.89. The number of piperidine rings is 1. The van der Waals surface area contributed by atoms with Crippen molar-refractivity contribution in [2.24, 2.45) is 5.41 Å². The highest BCUT2D eigenvalue weighted by Gasteiger charge is 2.49. The van der Waals surface area contributed by atoms with Crippen molar-refractivity contribution in [2.45, 2.75) is 30.0 Å². The van der Waals surface area contributed by atoms with E-state index in [9.17, 15) is 40.0 Å². The van der Waals surface area contributed by atoms with Crippen LogP contribution in [0.15, 0.2) is 23.1 Å². The van der Waals surface area contributed by atoms with E-state index in [0.717, 1.165) is 0 Å². The molecule has 1 aliphatic heterocycles. The van der Waals surface area contributed by atoms with E-state index in [1.54, 1.807) is 0 Å². The average Bonchev–Trinajstić information content (AvgIpc) is 2.65. The smallest absolute Gasteiger partial charge is 0.385 e. The zero-order valence-corrected chi connectivity index (χ0v) is 16.8. The number of sulfonamides is 1. The molecule has 0 radical (unpaired) electrons. The van der Waals surface area contributed by atoms with Gasteiger partial charge in [-0.15, -0.1) is 0 Å². The molecule has 168 valence electrons. The second kappa shape index (κ2) is 9.16. The molecule has 0 amide bonds. The number of thiol groups is 1. The van der Waals surface area contributed by atoms with Gasteiger partial charge in [-0.25, -0.2) is 26.8 Å². The van der Waals surface area contributed by atoms with Crippen molar-refractivity contribution >= 4 is 34.6 Å². The summed E-state index contributed by atoms with van der Waals surface area (Å²) in [6.45, 7) is 0.536. The van der Waals surface area contributed by atoms with Gasteiger partial charge in [0, 0.05) is 11.5 Å². The largest absolute Gasteiger partial charge is 0.491 e. The molecule has 0 unspecified atom stereocenters. The van der Waals surface area contributed by atoms with E-state index in [-0.39, 0.29) is 37.8 Å². The standard InChI is InChI=1S/C16H17F5N2O5S2/c17-9-1-2-11(10(18)7-9)30(26,27)23-12(13(24)28-14(25)16(19,20)21)15(8-29)3-5-22-6-4-15/h1-2,7,12,22-23,29H,3-6,8H2/t12-/m1/s1. The SMILES string of the molecule is O=C(OC(=O)C(F)(F)F)[C@@H](NS(=O)(=O)c1ccc(F)cc1F)C1(CS)CCNCC1. The number of hydrogen-bond acceptors (Lipinski definition) is 7. The Labute approximate surface area is 173 Å². The summed E-state index contributed by atoms with van der Waals surface area (Å²) in [5.74, 6) is -7.34. The van der Waals surface area contributed by atoms with Gasteiger partial charge in [0.25, 0.3) is 0 Å². The summed E-state index contributed by atoms with van der Waals surface area (Å²) in [6, 6.07) is -0.463. The highest BCUT2D eigenvalue weighted by Crippen LogP contribution is 2.36. The van der Waals surface area contributed by atoms with Crippen LogP contribution in [0, 0.1) is 17.0 Å². The molecule has 1 aromatic rings. The van der Waals surface area contributed by atoms with Gasteiger partial charge in [0.15, 0.2) is 0 Å². The number of nitrogens with one attached hydrogen (secondary N) is 2. The minimum absolute atomic E-state index is 0.0882. The van der Waals surface area contributed by atoms with Crippen LogP contribution in [0.25, 0.3) is 0 Å². The maximum absolute atomic E-state index is 14.0. The molecular formula is C16H17F5N2O5S2. The molecule has 1 fully saturated rings. The number of ether oxygens (including phenoxy) is 1. The van der Waals surface area contributed by atoms with Crippen LogP contribution in [0.1, 0.15) is 12.8 Å². The van der Waals surface area contributed by atoms with Gasteiger partial charge in [-0.3, -0.25) is 0 Å².